The molecule has 1 atom stereocenters. The smallest absolute Gasteiger partial charge is 0.306 e. The number of likely N-dealkylation sites (tertiary alicyclic amines) is 1. The molecule has 1 N–H and O–H groups in total. The third-order valence-electron chi connectivity index (χ3n) is 3.82. The molecule has 5 nitrogen and oxygen atoms in total. The number of hydrogen-bond acceptors (Lipinski definition) is 3. The molecule has 1 fully saturated rings. The van der Waals surface area contributed by atoms with Crippen LogP contribution in [0.25, 0.3) is 0 Å². The Labute approximate surface area is 124 Å². The summed E-state index contributed by atoms with van der Waals surface area (Å²) in [4.78, 5) is 25.3. The largest absolute Gasteiger partial charge is 0.481 e. The fraction of sp³-hybridized carbons (Fsp3) is 0.500. The molecule has 0 bridgehead atoms. The Morgan fingerprint density at radius 3 is 2.43 bits per heavy atom. The third kappa shape index (κ3) is 3.82. The molecule has 0 saturated carbocycles. The van der Waals surface area contributed by atoms with Crippen molar-refractivity contribution in [2.75, 3.05) is 19.7 Å². The van der Waals surface area contributed by atoms with Crippen LogP contribution in [-0.4, -0.2) is 41.6 Å². The molecule has 1 heterocycles. The molecule has 1 aliphatic heterocycles. The molecule has 21 heavy (non-hydrogen) atoms. The number of carbonyl (C=O) groups excluding carboxylic acids is 1. The number of aliphatic carboxylic acids is 1. The Bertz CT molecular complexity index is 480. The lowest BCUT2D eigenvalue weighted by Gasteiger charge is -2.32. The van der Waals surface area contributed by atoms with Crippen molar-refractivity contribution in [2.24, 2.45) is 5.92 Å². The van der Waals surface area contributed by atoms with E-state index in [2.05, 4.69) is 0 Å². The SMILES string of the molecule is CCO[C@@H](C(=O)N1CCC(C(=O)O)CC1)c1ccccc1. The van der Waals surface area contributed by atoms with Gasteiger partial charge in [-0.15, -0.1) is 0 Å². The van der Waals surface area contributed by atoms with Gasteiger partial charge in [0.25, 0.3) is 5.91 Å². The molecule has 5 heteroatoms. The summed E-state index contributed by atoms with van der Waals surface area (Å²) in [5.41, 5.74) is 0.838. The number of rotatable bonds is 5. The van der Waals surface area contributed by atoms with Gasteiger partial charge in [-0.05, 0) is 25.3 Å². The molecule has 0 unspecified atom stereocenters. The van der Waals surface area contributed by atoms with E-state index < -0.39 is 12.1 Å². The Kier molecular flexibility index (Phi) is 5.33. The van der Waals surface area contributed by atoms with E-state index in [0.717, 1.165) is 5.56 Å². The lowest BCUT2D eigenvalue weighted by molar-refractivity contribution is -0.150. The summed E-state index contributed by atoms with van der Waals surface area (Å²) in [6.07, 6.45) is 0.418. The van der Waals surface area contributed by atoms with Crippen LogP contribution in [0.1, 0.15) is 31.4 Å². The van der Waals surface area contributed by atoms with Crippen LogP contribution in [0.4, 0.5) is 0 Å². The molecule has 1 aromatic carbocycles. The molecule has 1 amide bonds. The Balaban J connectivity index is 2.04. The summed E-state index contributed by atoms with van der Waals surface area (Å²) in [6, 6.07) is 9.41. The summed E-state index contributed by atoms with van der Waals surface area (Å²) < 4.78 is 5.61. The van der Waals surface area contributed by atoms with Crippen molar-refractivity contribution in [1.29, 1.82) is 0 Å². The average Bonchev–Trinajstić information content (AvgIpc) is 2.53. The quantitative estimate of drug-likeness (QED) is 0.902. The summed E-state index contributed by atoms with van der Waals surface area (Å²) in [6.45, 7) is 3.27. The predicted octanol–water partition coefficient (Wildman–Crippen LogP) is 2.09. The van der Waals surface area contributed by atoms with Crippen LogP contribution in [0, 0.1) is 5.92 Å². The molecule has 1 aromatic rings. The van der Waals surface area contributed by atoms with Crippen LogP contribution < -0.4 is 0 Å². The fourth-order valence-electron chi connectivity index (χ4n) is 2.62. The highest BCUT2D eigenvalue weighted by Crippen LogP contribution is 2.24. The van der Waals surface area contributed by atoms with Gasteiger partial charge in [0.05, 0.1) is 5.92 Å². The second kappa shape index (κ2) is 7.22. The minimum absolute atomic E-state index is 0.0770. The van der Waals surface area contributed by atoms with Crippen LogP contribution >= 0.6 is 0 Å². The van der Waals surface area contributed by atoms with E-state index in [4.69, 9.17) is 9.84 Å². The van der Waals surface area contributed by atoms with Crippen LogP contribution in [0.2, 0.25) is 0 Å². The van der Waals surface area contributed by atoms with Crippen LogP contribution in [0.15, 0.2) is 30.3 Å². The maximum absolute atomic E-state index is 12.6. The number of hydrogen-bond donors (Lipinski definition) is 1. The molecule has 1 aliphatic rings. The first-order chi connectivity index (χ1) is 10.1. The highest BCUT2D eigenvalue weighted by molar-refractivity contribution is 5.82. The zero-order valence-corrected chi connectivity index (χ0v) is 12.2. The van der Waals surface area contributed by atoms with Gasteiger partial charge in [0.15, 0.2) is 6.10 Å². The number of piperidine rings is 1. The molecular weight excluding hydrogens is 270 g/mol. The van der Waals surface area contributed by atoms with Gasteiger partial charge in [-0.1, -0.05) is 30.3 Å². The number of carbonyl (C=O) groups is 2. The molecule has 0 aliphatic carbocycles. The second-order valence-electron chi connectivity index (χ2n) is 5.18. The van der Waals surface area contributed by atoms with Gasteiger partial charge in [-0.3, -0.25) is 9.59 Å². The lowest BCUT2D eigenvalue weighted by Crippen LogP contribution is -2.43. The van der Waals surface area contributed by atoms with Crippen molar-refractivity contribution in [3.05, 3.63) is 35.9 Å². The molecule has 1 saturated heterocycles. The Morgan fingerprint density at radius 1 is 1.29 bits per heavy atom. The van der Waals surface area contributed by atoms with Crippen LogP contribution in [0.3, 0.4) is 0 Å². The average molecular weight is 291 g/mol. The number of ether oxygens (including phenoxy) is 1. The minimum atomic E-state index is -0.772. The monoisotopic (exact) mass is 291 g/mol. The van der Waals surface area contributed by atoms with Gasteiger partial charge >= 0.3 is 5.97 Å². The van der Waals surface area contributed by atoms with E-state index in [1.807, 2.05) is 37.3 Å². The van der Waals surface area contributed by atoms with Crippen LogP contribution in [0.5, 0.6) is 0 Å². The normalized spacial score (nSPS) is 17.5. The van der Waals surface area contributed by atoms with Crippen molar-refractivity contribution in [3.8, 4) is 0 Å². The zero-order valence-electron chi connectivity index (χ0n) is 12.2. The third-order valence-corrected chi connectivity index (χ3v) is 3.82. The van der Waals surface area contributed by atoms with E-state index in [1.54, 1.807) is 4.90 Å². The van der Waals surface area contributed by atoms with Crippen molar-refractivity contribution in [3.63, 3.8) is 0 Å². The Morgan fingerprint density at radius 2 is 1.90 bits per heavy atom. The molecule has 2 rings (SSSR count). The Hall–Kier alpha value is -1.88. The summed E-state index contributed by atoms with van der Waals surface area (Å²) in [7, 11) is 0. The standard InChI is InChI=1S/C16H21NO4/c1-2-21-14(12-6-4-3-5-7-12)15(18)17-10-8-13(9-11-17)16(19)20/h3-7,13-14H,2,8-11H2,1H3,(H,19,20)/t14-/m1/s1. The molecule has 0 spiro atoms. The van der Waals surface area contributed by atoms with E-state index in [9.17, 15) is 9.59 Å². The molecule has 114 valence electrons. The maximum Gasteiger partial charge on any atom is 0.306 e. The summed E-state index contributed by atoms with van der Waals surface area (Å²) >= 11 is 0. The van der Waals surface area contributed by atoms with E-state index >= 15 is 0 Å². The first-order valence-corrected chi connectivity index (χ1v) is 7.31. The summed E-state index contributed by atoms with van der Waals surface area (Å²) in [5, 5.41) is 9.01. The summed E-state index contributed by atoms with van der Waals surface area (Å²) in [5.74, 6) is -1.19. The van der Waals surface area contributed by atoms with Gasteiger partial charge in [-0.2, -0.15) is 0 Å². The van der Waals surface area contributed by atoms with Gasteiger partial charge in [0.1, 0.15) is 0 Å². The lowest BCUT2D eigenvalue weighted by atomic mass is 9.96. The first-order valence-electron chi connectivity index (χ1n) is 7.31. The number of amides is 1. The van der Waals surface area contributed by atoms with Crippen molar-refractivity contribution >= 4 is 11.9 Å². The van der Waals surface area contributed by atoms with E-state index in [1.165, 1.54) is 0 Å². The van der Waals surface area contributed by atoms with E-state index in [0.29, 0.717) is 32.5 Å². The van der Waals surface area contributed by atoms with Gasteiger partial charge in [0.2, 0.25) is 0 Å². The highest BCUT2D eigenvalue weighted by Gasteiger charge is 2.31. The maximum atomic E-state index is 12.6. The van der Waals surface area contributed by atoms with E-state index in [-0.39, 0.29) is 11.8 Å². The number of carboxylic acids is 1. The first kappa shape index (κ1) is 15.5. The number of carboxylic acid groups (broad SMARTS) is 1. The minimum Gasteiger partial charge on any atom is -0.481 e. The van der Waals surface area contributed by atoms with Crippen molar-refractivity contribution in [2.45, 2.75) is 25.9 Å². The number of nitrogens with zero attached hydrogens (tertiary/aromatic N) is 1. The van der Waals surface area contributed by atoms with Gasteiger partial charge in [0, 0.05) is 19.7 Å². The molecular formula is C16H21NO4. The highest BCUT2D eigenvalue weighted by atomic mass is 16.5. The number of benzene rings is 1. The van der Waals surface area contributed by atoms with Gasteiger partial charge in [-0.25, -0.2) is 0 Å². The fourth-order valence-corrected chi connectivity index (χ4v) is 2.62. The molecule has 0 radical (unpaired) electrons. The second-order valence-corrected chi connectivity index (χ2v) is 5.18. The predicted molar refractivity (Wildman–Crippen MR) is 77.7 cm³/mol. The van der Waals surface area contributed by atoms with Crippen LogP contribution in [-0.2, 0) is 14.3 Å². The van der Waals surface area contributed by atoms with Gasteiger partial charge < -0.3 is 14.7 Å². The topological polar surface area (TPSA) is 66.8 Å². The van der Waals surface area contributed by atoms with Crippen molar-refractivity contribution < 1.29 is 19.4 Å². The van der Waals surface area contributed by atoms with Crippen molar-refractivity contribution in [1.82, 2.24) is 4.90 Å². The molecule has 0 aromatic heterocycles. The zero-order chi connectivity index (χ0) is 15.2.